The van der Waals surface area contributed by atoms with Crippen molar-refractivity contribution in [3.8, 4) is 0 Å². The molecule has 3 rings (SSSR count). The Morgan fingerprint density at radius 3 is 2.10 bits per heavy atom. The Balaban J connectivity index is 1.97. The maximum absolute atomic E-state index is 13.9. The van der Waals surface area contributed by atoms with Gasteiger partial charge in [-0.1, -0.05) is 31.2 Å². The van der Waals surface area contributed by atoms with Gasteiger partial charge in [-0.15, -0.1) is 0 Å². The van der Waals surface area contributed by atoms with Gasteiger partial charge in [-0.3, -0.25) is 4.79 Å². The van der Waals surface area contributed by atoms with Gasteiger partial charge in [0.1, 0.15) is 0 Å². The van der Waals surface area contributed by atoms with E-state index in [9.17, 15) is 35.9 Å². The van der Waals surface area contributed by atoms with Gasteiger partial charge in [-0.05, 0) is 49.4 Å². The average molecular weight is 576 g/mol. The number of halogens is 6. The van der Waals surface area contributed by atoms with Gasteiger partial charge in [0.25, 0.3) is 0 Å². The number of benzene rings is 1. The molecule has 1 unspecified atom stereocenters. The van der Waals surface area contributed by atoms with Gasteiger partial charge < -0.3 is 19.9 Å². The van der Waals surface area contributed by atoms with Crippen molar-refractivity contribution in [3.63, 3.8) is 0 Å². The summed E-state index contributed by atoms with van der Waals surface area (Å²) in [5.74, 6) is -0.908. The molecule has 1 fully saturated rings. The molecule has 3 atom stereocenters. The number of carbonyl (C=O) groups excluding carboxylic acids is 2. The molecule has 222 valence electrons. The van der Waals surface area contributed by atoms with Gasteiger partial charge in [0.2, 0.25) is 5.91 Å². The Kier molecular flexibility index (Phi) is 9.03. The first-order valence-electron chi connectivity index (χ1n) is 12.8. The minimum absolute atomic E-state index is 0.0462. The third-order valence-electron chi connectivity index (χ3n) is 7.95. The third-order valence-corrected chi connectivity index (χ3v) is 7.95. The second-order valence-corrected chi connectivity index (χ2v) is 11.1. The van der Waals surface area contributed by atoms with Gasteiger partial charge >= 0.3 is 18.4 Å². The maximum Gasteiger partial charge on any atom is 0.416 e. The Labute approximate surface area is 230 Å². The van der Waals surface area contributed by atoms with Gasteiger partial charge in [0.15, 0.2) is 0 Å². The fourth-order valence-electron chi connectivity index (χ4n) is 5.41. The van der Waals surface area contributed by atoms with Crippen LogP contribution in [0.5, 0.6) is 0 Å². The van der Waals surface area contributed by atoms with Crippen LogP contribution in [-0.2, 0) is 27.3 Å². The Morgan fingerprint density at radius 1 is 1.02 bits per heavy atom. The molecule has 0 saturated carbocycles. The monoisotopic (exact) mass is 575 g/mol. The minimum atomic E-state index is -5.04. The van der Waals surface area contributed by atoms with Crippen molar-refractivity contribution in [2.45, 2.75) is 51.0 Å². The lowest BCUT2D eigenvalue weighted by molar-refractivity contribution is -0.144. The number of hydrogen-bond acceptors (Lipinski definition) is 3. The van der Waals surface area contributed by atoms with Crippen LogP contribution in [0.15, 0.2) is 42.5 Å². The standard InChI is InChI=1S/C28H35F6N3O3/c1-25(2,18-13-19(27(29,30)31)15-20(14-18)28(32,33)34)23(38)36(4)22-17-37(24(39)35-11-12-40-5)16-21(22)26(3)9-7-6-8-10-26/h6-9,13-15,21-22H,10-12,16-17H2,1-5H3,(H,35,39)/t21-,22-,26?/m1/s1. The van der Waals surface area contributed by atoms with Crippen molar-refractivity contribution in [1.29, 1.82) is 0 Å². The third kappa shape index (κ3) is 6.64. The summed E-state index contributed by atoms with van der Waals surface area (Å²) in [6, 6.07) is 0.340. The molecule has 2 aliphatic rings. The number of likely N-dealkylation sites (tertiary alicyclic amines) is 1. The van der Waals surface area contributed by atoms with Gasteiger partial charge in [-0.2, -0.15) is 26.3 Å². The van der Waals surface area contributed by atoms with Gasteiger partial charge in [0.05, 0.1) is 29.2 Å². The number of nitrogens with zero attached hydrogens (tertiary/aromatic N) is 2. The number of amides is 3. The molecule has 12 heteroatoms. The largest absolute Gasteiger partial charge is 0.416 e. The number of methoxy groups -OCH3 is 1. The normalized spacial score (nSPS) is 23.4. The highest BCUT2D eigenvalue weighted by Gasteiger charge is 2.49. The van der Waals surface area contributed by atoms with Crippen LogP contribution in [0.2, 0.25) is 0 Å². The number of ether oxygens (including phenoxy) is 1. The molecule has 3 amide bonds. The Bertz CT molecular complexity index is 1130. The quantitative estimate of drug-likeness (QED) is 0.338. The molecule has 1 saturated heterocycles. The van der Waals surface area contributed by atoms with E-state index in [2.05, 4.69) is 5.32 Å². The zero-order valence-corrected chi connectivity index (χ0v) is 23.1. The van der Waals surface area contributed by atoms with E-state index >= 15 is 0 Å². The zero-order chi connectivity index (χ0) is 30.1. The van der Waals surface area contributed by atoms with Crippen molar-refractivity contribution < 1.29 is 40.7 Å². The summed E-state index contributed by atoms with van der Waals surface area (Å²) in [4.78, 5) is 29.7. The molecule has 1 aromatic rings. The van der Waals surface area contributed by atoms with E-state index in [0.717, 1.165) is 0 Å². The van der Waals surface area contributed by atoms with E-state index in [1.807, 2.05) is 31.2 Å². The molecule has 0 aromatic heterocycles. The molecule has 1 aromatic carbocycles. The molecule has 40 heavy (non-hydrogen) atoms. The molecule has 1 aliphatic carbocycles. The molecule has 1 aliphatic heterocycles. The average Bonchev–Trinajstić information content (AvgIpc) is 3.34. The van der Waals surface area contributed by atoms with Crippen LogP contribution in [0.3, 0.4) is 0 Å². The SMILES string of the molecule is COCCNC(=O)N1C[C@@H](N(C)C(=O)C(C)(C)c2cc(C(F)(F)F)cc(C(F)(F)F)c2)[C@H](C2(C)C=CC=CC2)C1. The summed E-state index contributed by atoms with van der Waals surface area (Å²) < 4.78 is 86.2. The highest BCUT2D eigenvalue weighted by Crippen LogP contribution is 2.44. The molecule has 1 heterocycles. The Morgan fingerprint density at radius 2 is 1.60 bits per heavy atom. The lowest BCUT2D eigenvalue weighted by Gasteiger charge is -2.41. The number of hydrogen-bond donors (Lipinski definition) is 1. The van der Waals surface area contributed by atoms with Crippen LogP contribution in [-0.4, -0.2) is 68.2 Å². The summed E-state index contributed by atoms with van der Waals surface area (Å²) >= 11 is 0. The summed E-state index contributed by atoms with van der Waals surface area (Å²) in [5.41, 5.74) is -5.55. The molecule has 0 bridgehead atoms. The molecule has 0 radical (unpaired) electrons. The predicted molar refractivity (Wildman–Crippen MR) is 137 cm³/mol. The van der Waals surface area contributed by atoms with E-state index in [0.29, 0.717) is 31.7 Å². The van der Waals surface area contributed by atoms with E-state index in [1.165, 1.54) is 32.9 Å². The second-order valence-electron chi connectivity index (χ2n) is 11.1. The van der Waals surface area contributed by atoms with Crippen molar-refractivity contribution in [2.75, 3.05) is 40.4 Å². The zero-order valence-electron chi connectivity index (χ0n) is 23.1. The van der Waals surface area contributed by atoms with Crippen LogP contribution in [0.4, 0.5) is 31.1 Å². The van der Waals surface area contributed by atoms with Crippen molar-refractivity contribution in [1.82, 2.24) is 15.1 Å². The first-order chi connectivity index (χ1) is 18.4. The van der Waals surface area contributed by atoms with Crippen LogP contribution in [0.1, 0.15) is 43.9 Å². The lowest BCUT2D eigenvalue weighted by Crippen LogP contribution is -2.52. The van der Waals surface area contributed by atoms with E-state index < -0.39 is 51.8 Å². The van der Waals surface area contributed by atoms with Crippen LogP contribution >= 0.6 is 0 Å². The number of carbonyl (C=O) groups is 2. The van der Waals surface area contributed by atoms with Gasteiger partial charge in [0, 0.05) is 39.7 Å². The first kappa shape index (κ1) is 31.5. The number of urea groups is 1. The van der Waals surface area contributed by atoms with Crippen LogP contribution in [0, 0.1) is 11.3 Å². The minimum Gasteiger partial charge on any atom is -0.383 e. The number of rotatable bonds is 7. The maximum atomic E-state index is 13.9. The summed E-state index contributed by atoms with van der Waals surface area (Å²) in [6.45, 7) is 5.66. The molecule has 1 N–H and O–H groups in total. The molecular formula is C28H35F6N3O3. The Hall–Kier alpha value is -3.02. The lowest BCUT2D eigenvalue weighted by atomic mass is 9.70. The number of likely N-dealkylation sites (N-methyl/N-ethyl adjacent to an activating group) is 1. The van der Waals surface area contributed by atoms with Crippen molar-refractivity contribution in [3.05, 3.63) is 59.2 Å². The molecule has 6 nitrogen and oxygen atoms in total. The van der Waals surface area contributed by atoms with E-state index in [-0.39, 0.29) is 31.1 Å². The van der Waals surface area contributed by atoms with Crippen molar-refractivity contribution >= 4 is 11.9 Å². The predicted octanol–water partition coefficient (Wildman–Crippen LogP) is 5.64. The highest BCUT2D eigenvalue weighted by molar-refractivity contribution is 5.88. The van der Waals surface area contributed by atoms with E-state index in [1.54, 1.807) is 4.90 Å². The topological polar surface area (TPSA) is 61.9 Å². The summed E-state index contributed by atoms with van der Waals surface area (Å²) in [6.07, 6.45) is -1.68. The number of nitrogens with one attached hydrogen (secondary N) is 1. The summed E-state index contributed by atoms with van der Waals surface area (Å²) in [7, 11) is 2.99. The fourth-order valence-corrected chi connectivity index (χ4v) is 5.41. The number of allylic oxidation sites excluding steroid dienone is 4. The second kappa shape index (κ2) is 11.5. The number of alkyl halides is 6. The first-order valence-corrected chi connectivity index (χ1v) is 12.8. The molecule has 0 spiro atoms. The summed E-state index contributed by atoms with van der Waals surface area (Å²) in [5, 5.41) is 2.76. The van der Waals surface area contributed by atoms with E-state index in [4.69, 9.17) is 4.74 Å². The highest BCUT2D eigenvalue weighted by atomic mass is 19.4. The smallest absolute Gasteiger partial charge is 0.383 e. The fraction of sp³-hybridized carbons (Fsp3) is 0.571. The van der Waals surface area contributed by atoms with Gasteiger partial charge in [-0.25, -0.2) is 4.79 Å². The molecular weight excluding hydrogens is 540 g/mol. The van der Waals surface area contributed by atoms with Crippen LogP contribution < -0.4 is 5.32 Å². The van der Waals surface area contributed by atoms with Crippen molar-refractivity contribution in [2.24, 2.45) is 11.3 Å². The van der Waals surface area contributed by atoms with Crippen LogP contribution in [0.25, 0.3) is 0 Å².